The Morgan fingerprint density at radius 2 is 1.70 bits per heavy atom. The van der Waals surface area contributed by atoms with Gasteiger partial charge in [-0.3, -0.25) is 14.5 Å². The minimum Gasteiger partial charge on any atom is -0.507 e. The van der Waals surface area contributed by atoms with Crippen LogP contribution in [0, 0.1) is 6.92 Å². The molecule has 0 radical (unpaired) electrons. The minimum atomic E-state index is -0.998. The highest BCUT2D eigenvalue weighted by atomic mass is 35.5. The number of ketones is 1. The zero-order chi connectivity index (χ0) is 26.9. The number of hydrogen-bond donors (Lipinski definition) is 2. The fourth-order valence-electron chi connectivity index (χ4n) is 4.69. The monoisotopic (exact) mass is 520 g/mol. The summed E-state index contributed by atoms with van der Waals surface area (Å²) in [6.07, 6.45) is 0. The van der Waals surface area contributed by atoms with Gasteiger partial charge in [0.15, 0.2) is 0 Å². The molecule has 37 heavy (non-hydrogen) atoms. The first kappa shape index (κ1) is 26.1. The van der Waals surface area contributed by atoms with Gasteiger partial charge in [-0.25, -0.2) is 0 Å². The van der Waals surface area contributed by atoms with Crippen LogP contribution in [0.15, 0.2) is 66.2 Å². The van der Waals surface area contributed by atoms with Crippen molar-refractivity contribution in [1.82, 2.24) is 0 Å². The average molecular weight is 521 g/mol. The molecule has 0 spiro atoms. The third kappa shape index (κ3) is 4.74. The summed E-state index contributed by atoms with van der Waals surface area (Å²) in [5, 5.41) is 22.5. The number of methoxy groups -OCH3 is 1. The van der Waals surface area contributed by atoms with Crippen molar-refractivity contribution < 1.29 is 24.5 Å². The normalized spacial score (nSPS) is 16.8. The first-order valence-electron chi connectivity index (χ1n) is 12.0. The predicted molar refractivity (Wildman–Crippen MR) is 146 cm³/mol. The molecule has 1 aliphatic heterocycles. The van der Waals surface area contributed by atoms with Crippen LogP contribution in [0.3, 0.4) is 0 Å². The Morgan fingerprint density at radius 1 is 1.03 bits per heavy atom. The molecule has 1 saturated heterocycles. The van der Waals surface area contributed by atoms with Crippen LogP contribution < -0.4 is 14.5 Å². The second-order valence-corrected chi connectivity index (χ2v) is 9.21. The summed E-state index contributed by atoms with van der Waals surface area (Å²) in [7, 11) is 1.44. The Morgan fingerprint density at radius 3 is 2.32 bits per heavy atom. The highest BCUT2D eigenvalue weighted by Gasteiger charge is 2.48. The van der Waals surface area contributed by atoms with Crippen LogP contribution in [0.5, 0.6) is 11.5 Å². The summed E-state index contributed by atoms with van der Waals surface area (Å²) in [5.74, 6) is -2.01. The van der Waals surface area contributed by atoms with E-state index in [0.717, 1.165) is 24.3 Å². The molecule has 4 rings (SSSR count). The third-order valence-corrected chi connectivity index (χ3v) is 6.82. The molecule has 1 amide bonds. The van der Waals surface area contributed by atoms with Gasteiger partial charge in [0.05, 0.1) is 30.0 Å². The topological polar surface area (TPSA) is 90.3 Å². The molecule has 8 heteroatoms. The Labute approximate surface area is 221 Å². The Balaban J connectivity index is 1.97. The fourth-order valence-corrected chi connectivity index (χ4v) is 4.86. The first-order valence-corrected chi connectivity index (χ1v) is 12.4. The van der Waals surface area contributed by atoms with E-state index in [1.807, 2.05) is 31.2 Å². The molecule has 1 aliphatic rings. The van der Waals surface area contributed by atoms with Crippen molar-refractivity contribution in [3.8, 4) is 11.5 Å². The van der Waals surface area contributed by atoms with Crippen LogP contribution in [0.2, 0.25) is 5.02 Å². The fraction of sp³-hybridized carbons (Fsp3) is 0.241. The van der Waals surface area contributed by atoms with Crippen LogP contribution in [0.1, 0.15) is 36.6 Å². The molecule has 1 atom stereocenters. The van der Waals surface area contributed by atoms with Crippen LogP contribution >= 0.6 is 11.6 Å². The number of rotatable bonds is 7. The Kier molecular flexibility index (Phi) is 7.45. The average Bonchev–Trinajstić information content (AvgIpc) is 3.16. The van der Waals surface area contributed by atoms with Crippen molar-refractivity contribution in [2.45, 2.75) is 26.8 Å². The zero-order valence-corrected chi connectivity index (χ0v) is 21.9. The number of halogens is 1. The van der Waals surface area contributed by atoms with Gasteiger partial charge in [-0.2, -0.15) is 0 Å². The van der Waals surface area contributed by atoms with Crippen molar-refractivity contribution in [3.63, 3.8) is 0 Å². The van der Waals surface area contributed by atoms with E-state index in [1.54, 1.807) is 24.3 Å². The summed E-state index contributed by atoms with van der Waals surface area (Å²) in [5.41, 5.74) is 2.62. The van der Waals surface area contributed by atoms with Crippen molar-refractivity contribution in [2.75, 3.05) is 30.0 Å². The maximum absolute atomic E-state index is 13.5. The lowest BCUT2D eigenvalue weighted by atomic mass is 9.94. The van der Waals surface area contributed by atoms with E-state index in [4.69, 9.17) is 16.3 Å². The number of phenolic OH excluding ortho intramolecular Hbond substituents is 1. The molecule has 1 heterocycles. The van der Waals surface area contributed by atoms with E-state index in [2.05, 4.69) is 18.7 Å². The second kappa shape index (κ2) is 10.6. The molecule has 192 valence electrons. The lowest BCUT2D eigenvalue weighted by Crippen LogP contribution is -2.29. The number of hydrogen-bond acceptors (Lipinski definition) is 6. The maximum Gasteiger partial charge on any atom is 0.300 e. The summed E-state index contributed by atoms with van der Waals surface area (Å²) in [4.78, 5) is 30.3. The van der Waals surface area contributed by atoms with Gasteiger partial charge in [0, 0.05) is 23.8 Å². The quantitative estimate of drug-likeness (QED) is 0.231. The molecule has 0 aliphatic carbocycles. The van der Waals surface area contributed by atoms with E-state index in [9.17, 15) is 19.8 Å². The number of nitrogens with zero attached hydrogens (tertiary/aromatic N) is 2. The molecule has 0 bridgehead atoms. The molecule has 0 saturated carbocycles. The van der Waals surface area contributed by atoms with Gasteiger partial charge in [0.2, 0.25) is 0 Å². The number of carbonyl (C=O) groups is 2. The number of amides is 1. The number of benzene rings is 3. The van der Waals surface area contributed by atoms with Crippen LogP contribution in [0.25, 0.3) is 5.76 Å². The van der Waals surface area contributed by atoms with Crippen LogP contribution in [-0.4, -0.2) is 42.1 Å². The molecular weight excluding hydrogens is 492 g/mol. The molecule has 2 N–H and O–H groups in total. The van der Waals surface area contributed by atoms with Crippen LogP contribution in [-0.2, 0) is 9.59 Å². The first-order chi connectivity index (χ1) is 17.7. The molecule has 3 aromatic carbocycles. The van der Waals surface area contributed by atoms with E-state index in [-0.39, 0.29) is 22.6 Å². The minimum absolute atomic E-state index is 0.123. The van der Waals surface area contributed by atoms with E-state index >= 15 is 0 Å². The van der Waals surface area contributed by atoms with Gasteiger partial charge < -0.3 is 19.8 Å². The molecule has 1 fully saturated rings. The second-order valence-electron chi connectivity index (χ2n) is 8.77. The number of aliphatic hydroxyl groups excluding tert-OH is 1. The number of carbonyl (C=O) groups excluding carboxylic acids is 2. The molecule has 7 nitrogen and oxygen atoms in total. The highest BCUT2D eigenvalue weighted by molar-refractivity contribution is 6.52. The number of Topliss-reactive ketones (excluding diaryl/α,β-unsaturated/α-hetero) is 1. The van der Waals surface area contributed by atoms with Crippen molar-refractivity contribution in [3.05, 3.63) is 87.9 Å². The highest BCUT2D eigenvalue weighted by Crippen LogP contribution is 2.46. The molecular formula is C29H29ClN2O5. The SMILES string of the molecule is CCN(CC)c1ccc(C2/C(=C(\O)c3cc(Cl)ccc3OC)C(=O)C(=O)N2c2cc(C)ccc2O)cc1. The number of ether oxygens (including phenoxy) is 1. The van der Waals surface area contributed by atoms with Gasteiger partial charge in [0.1, 0.15) is 17.3 Å². The lowest BCUT2D eigenvalue weighted by molar-refractivity contribution is -0.132. The summed E-state index contributed by atoms with van der Waals surface area (Å²) in [6, 6.07) is 16.0. The van der Waals surface area contributed by atoms with Crippen molar-refractivity contribution >= 4 is 40.4 Å². The van der Waals surface area contributed by atoms with Gasteiger partial charge in [-0.15, -0.1) is 0 Å². The van der Waals surface area contributed by atoms with Gasteiger partial charge in [0.25, 0.3) is 11.7 Å². The number of anilines is 2. The van der Waals surface area contributed by atoms with Crippen LogP contribution in [0.4, 0.5) is 11.4 Å². The maximum atomic E-state index is 13.5. The number of phenols is 1. The predicted octanol–water partition coefficient (Wildman–Crippen LogP) is 5.84. The lowest BCUT2D eigenvalue weighted by Gasteiger charge is -2.27. The summed E-state index contributed by atoms with van der Waals surface area (Å²) >= 11 is 6.19. The molecule has 0 aromatic heterocycles. The third-order valence-electron chi connectivity index (χ3n) is 6.59. The van der Waals surface area contributed by atoms with E-state index in [1.165, 1.54) is 24.1 Å². The van der Waals surface area contributed by atoms with Gasteiger partial charge >= 0.3 is 0 Å². The standard InChI is InChI=1S/C29H29ClN2O5/c1-5-31(6-2)20-11-8-18(9-12-20)26-25(27(34)21-16-19(30)10-14-24(21)37-4)28(35)29(36)32(26)22-15-17(3)7-13-23(22)33/h7-16,26,33-34H,5-6H2,1-4H3/b27-25+. The van der Waals surface area contributed by atoms with Crippen molar-refractivity contribution in [2.24, 2.45) is 0 Å². The summed E-state index contributed by atoms with van der Waals surface area (Å²) in [6.45, 7) is 7.58. The Hall–Kier alpha value is -3.97. The number of aromatic hydroxyl groups is 1. The number of aryl methyl sites for hydroxylation is 1. The largest absolute Gasteiger partial charge is 0.507 e. The summed E-state index contributed by atoms with van der Waals surface area (Å²) < 4.78 is 5.39. The molecule has 3 aromatic rings. The zero-order valence-electron chi connectivity index (χ0n) is 21.2. The Bertz CT molecular complexity index is 1380. The van der Waals surface area contributed by atoms with E-state index in [0.29, 0.717) is 16.3 Å². The smallest absolute Gasteiger partial charge is 0.300 e. The van der Waals surface area contributed by atoms with E-state index < -0.39 is 23.5 Å². The van der Waals surface area contributed by atoms with Gasteiger partial charge in [-0.1, -0.05) is 29.8 Å². The van der Waals surface area contributed by atoms with Gasteiger partial charge in [-0.05, 0) is 74.4 Å². The van der Waals surface area contributed by atoms with Crippen molar-refractivity contribution in [1.29, 1.82) is 0 Å². The number of aliphatic hydroxyl groups is 1. The molecule has 1 unspecified atom stereocenters.